The molecule has 0 fully saturated rings. The van der Waals surface area contributed by atoms with Gasteiger partial charge in [-0.05, 0) is 32.0 Å². The normalized spacial score (nSPS) is 12.3. The highest BCUT2D eigenvalue weighted by molar-refractivity contribution is 5.97. The fourth-order valence-corrected chi connectivity index (χ4v) is 2.30. The number of esters is 1. The second-order valence-corrected chi connectivity index (χ2v) is 5.35. The lowest BCUT2D eigenvalue weighted by atomic mass is 10.2. The monoisotopic (exact) mass is 312 g/mol. The first-order chi connectivity index (χ1) is 11.0. The van der Waals surface area contributed by atoms with Gasteiger partial charge in [-0.25, -0.2) is 9.78 Å². The van der Waals surface area contributed by atoms with Gasteiger partial charge in [-0.2, -0.15) is 0 Å². The van der Waals surface area contributed by atoms with Gasteiger partial charge in [0.05, 0.1) is 0 Å². The number of aryl methyl sites for hydroxylation is 1. The van der Waals surface area contributed by atoms with Crippen molar-refractivity contribution in [3.63, 3.8) is 0 Å². The lowest BCUT2D eigenvalue weighted by Gasteiger charge is -2.09. The van der Waals surface area contributed by atoms with E-state index in [1.807, 2.05) is 18.2 Å². The molecule has 118 valence electrons. The molecule has 0 saturated heterocycles. The van der Waals surface area contributed by atoms with E-state index in [4.69, 9.17) is 9.15 Å². The molecule has 0 saturated carbocycles. The van der Waals surface area contributed by atoms with Crippen molar-refractivity contribution in [2.75, 3.05) is 0 Å². The Balaban J connectivity index is 1.80. The van der Waals surface area contributed by atoms with E-state index >= 15 is 0 Å². The van der Waals surface area contributed by atoms with Crippen molar-refractivity contribution >= 4 is 22.9 Å². The van der Waals surface area contributed by atoms with E-state index in [2.05, 4.69) is 4.98 Å². The molecular weight excluding hydrogens is 296 g/mol. The smallest absolute Gasteiger partial charge is 0.355 e. The molecular formula is C17H16N2O4. The number of ketones is 1. The first-order valence-electron chi connectivity index (χ1n) is 7.19. The molecule has 23 heavy (non-hydrogen) atoms. The number of para-hydroxylation sites is 2. The number of aromatic nitrogens is 2. The fourth-order valence-electron chi connectivity index (χ4n) is 2.30. The van der Waals surface area contributed by atoms with Crippen LogP contribution in [0.25, 0.3) is 11.1 Å². The van der Waals surface area contributed by atoms with E-state index in [1.54, 1.807) is 30.8 Å². The summed E-state index contributed by atoms with van der Waals surface area (Å²) >= 11 is 0. The molecule has 1 atom stereocenters. The molecule has 0 aliphatic carbocycles. The minimum atomic E-state index is -0.634. The summed E-state index contributed by atoms with van der Waals surface area (Å²) in [6, 6.07) is 8.85. The number of ether oxygens (including phenoxy) is 1. The number of oxazole rings is 1. The number of benzene rings is 1. The molecule has 2 heterocycles. The number of hydrogen-bond acceptors (Lipinski definition) is 5. The van der Waals surface area contributed by atoms with Gasteiger partial charge in [-0.1, -0.05) is 12.1 Å². The van der Waals surface area contributed by atoms with Crippen LogP contribution in [0.5, 0.6) is 0 Å². The van der Waals surface area contributed by atoms with Gasteiger partial charge in [0.2, 0.25) is 5.89 Å². The summed E-state index contributed by atoms with van der Waals surface area (Å²) in [5, 5.41) is 0. The van der Waals surface area contributed by atoms with Gasteiger partial charge in [0.1, 0.15) is 11.2 Å². The number of carbonyl (C=O) groups excluding carboxylic acids is 2. The van der Waals surface area contributed by atoms with E-state index in [1.165, 1.54) is 13.0 Å². The van der Waals surface area contributed by atoms with Crippen molar-refractivity contribution in [2.24, 2.45) is 7.05 Å². The number of hydrogen-bond donors (Lipinski definition) is 0. The molecule has 6 nitrogen and oxygen atoms in total. The van der Waals surface area contributed by atoms with Gasteiger partial charge in [-0.15, -0.1) is 0 Å². The third kappa shape index (κ3) is 2.88. The first-order valence-corrected chi connectivity index (χ1v) is 7.19. The Labute approximate surface area is 132 Å². The minimum absolute atomic E-state index is 0.105. The van der Waals surface area contributed by atoms with E-state index < -0.39 is 12.1 Å². The predicted octanol–water partition coefficient (Wildman–Crippen LogP) is 3.29. The van der Waals surface area contributed by atoms with Gasteiger partial charge in [-0.3, -0.25) is 4.79 Å². The van der Waals surface area contributed by atoms with E-state index in [0.717, 1.165) is 0 Å². The van der Waals surface area contributed by atoms with Crippen molar-refractivity contribution in [1.82, 2.24) is 9.55 Å². The van der Waals surface area contributed by atoms with Crippen LogP contribution in [0.4, 0.5) is 0 Å². The predicted molar refractivity (Wildman–Crippen MR) is 83.3 cm³/mol. The quantitative estimate of drug-likeness (QED) is 0.546. The van der Waals surface area contributed by atoms with Gasteiger partial charge in [0, 0.05) is 18.8 Å². The minimum Gasteiger partial charge on any atom is -0.448 e. The van der Waals surface area contributed by atoms with Crippen LogP contribution in [0.1, 0.15) is 46.7 Å². The first kappa shape index (κ1) is 15.0. The zero-order valence-electron chi connectivity index (χ0n) is 13.1. The summed E-state index contributed by atoms with van der Waals surface area (Å²) in [6.45, 7) is 3.14. The van der Waals surface area contributed by atoms with Crippen LogP contribution in [0, 0.1) is 0 Å². The molecule has 1 aromatic carbocycles. The van der Waals surface area contributed by atoms with Gasteiger partial charge >= 0.3 is 5.97 Å². The Morgan fingerprint density at radius 3 is 2.70 bits per heavy atom. The van der Waals surface area contributed by atoms with Gasteiger partial charge in [0.15, 0.2) is 17.5 Å². The Bertz CT molecular complexity index is 858. The zero-order valence-corrected chi connectivity index (χ0v) is 13.1. The topological polar surface area (TPSA) is 74.3 Å². The second-order valence-electron chi connectivity index (χ2n) is 5.35. The maximum absolute atomic E-state index is 12.3. The standard InChI is InChI=1S/C17H16N2O4/c1-10(20)12-8-14(19(3)9-12)17(21)22-11(2)16-18-13-6-4-5-7-15(13)23-16/h4-9,11H,1-3H3. The third-order valence-corrected chi connectivity index (χ3v) is 3.56. The maximum atomic E-state index is 12.3. The number of rotatable bonds is 4. The molecule has 0 bridgehead atoms. The van der Waals surface area contributed by atoms with E-state index in [0.29, 0.717) is 28.2 Å². The molecule has 0 aliphatic rings. The van der Waals surface area contributed by atoms with Gasteiger partial charge < -0.3 is 13.7 Å². The van der Waals surface area contributed by atoms with Crippen molar-refractivity contribution in [1.29, 1.82) is 0 Å². The summed E-state index contributed by atoms with van der Waals surface area (Å²) in [5.41, 5.74) is 2.12. The van der Waals surface area contributed by atoms with Crippen LogP contribution in [-0.2, 0) is 11.8 Å². The summed E-state index contributed by atoms with van der Waals surface area (Å²) < 4.78 is 12.6. The fraction of sp³-hybridized carbons (Fsp3) is 0.235. The molecule has 0 N–H and O–H groups in total. The highest BCUT2D eigenvalue weighted by Gasteiger charge is 2.21. The van der Waals surface area contributed by atoms with Crippen LogP contribution in [0.15, 0.2) is 40.9 Å². The van der Waals surface area contributed by atoms with Gasteiger partial charge in [0.25, 0.3) is 0 Å². The Morgan fingerprint density at radius 1 is 1.30 bits per heavy atom. The molecule has 1 unspecified atom stereocenters. The van der Waals surface area contributed by atoms with Crippen LogP contribution in [-0.4, -0.2) is 21.3 Å². The van der Waals surface area contributed by atoms with Crippen LogP contribution in [0.2, 0.25) is 0 Å². The molecule has 0 spiro atoms. The SMILES string of the molecule is CC(=O)c1cc(C(=O)OC(C)c2nc3ccccc3o2)n(C)c1. The number of nitrogens with zero attached hydrogens (tertiary/aromatic N) is 2. The average molecular weight is 312 g/mol. The van der Waals surface area contributed by atoms with Crippen LogP contribution < -0.4 is 0 Å². The maximum Gasteiger partial charge on any atom is 0.355 e. The lowest BCUT2D eigenvalue weighted by molar-refractivity contribution is 0.0271. The van der Waals surface area contributed by atoms with Crippen molar-refractivity contribution in [3.05, 3.63) is 53.7 Å². The molecule has 0 radical (unpaired) electrons. The number of fused-ring (bicyclic) bond motifs is 1. The second kappa shape index (κ2) is 5.72. The summed E-state index contributed by atoms with van der Waals surface area (Å²) in [4.78, 5) is 28.0. The van der Waals surface area contributed by atoms with E-state index in [-0.39, 0.29) is 5.78 Å². The largest absolute Gasteiger partial charge is 0.448 e. The molecule has 6 heteroatoms. The molecule has 0 amide bonds. The zero-order chi connectivity index (χ0) is 16.6. The summed E-state index contributed by atoms with van der Waals surface area (Å²) in [5.74, 6) is -0.304. The Kier molecular flexibility index (Phi) is 3.73. The van der Waals surface area contributed by atoms with E-state index in [9.17, 15) is 9.59 Å². The Morgan fingerprint density at radius 2 is 2.04 bits per heavy atom. The van der Waals surface area contributed by atoms with Crippen molar-refractivity contribution < 1.29 is 18.7 Å². The number of Topliss-reactive ketones (excluding diaryl/α,β-unsaturated/α-hetero) is 1. The molecule has 3 aromatic rings. The van der Waals surface area contributed by atoms with Crippen molar-refractivity contribution in [3.8, 4) is 0 Å². The van der Waals surface area contributed by atoms with Crippen molar-refractivity contribution in [2.45, 2.75) is 20.0 Å². The molecule has 0 aliphatic heterocycles. The van der Waals surface area contributed by atoms with Crippen LogP contribution in [0.3, 0.4) is 0 Å². The van der Waals surface area contributed by atoms with Crippen LogP contribution >= 0.6 is 0 Å². The molecule has 2 aromatic heterocycles. The third-order valence-electron chi connectivity index (χ3n) is 3.56. The highest BCUT2D eigenvalue weighted by atomic mass is 16.6. The lowest BCUT2D eigenvalue weighted by Crippen LogP contribution is -2.12. The summed E-state index contributed by atoms with van der Waals surface area (Å²) in [7, 11) is 1.69. The average Bonchev–Trinajstić information content (AvgIpc) is 3.10. The molecule has 3 rings (SSSR count). The summed E-state index contributed by atoms with van der Waals surface area (Å²) in [6.07, 6.45) is 0.967. The number of carbonyl (C=O) groups is 2. The highest BCUT2D eigenvalue weighted by Crippen LogP contribution is 2.23. The Hall–Kier alpha value is -2.89.